The van der Waals surface area contributed by atoms with Crippen LogP contribution in [0.1, 0.15) is 0 Å². The van der Waals surface area contributed by atoms with Crippen molar-refractivity contribution in [2.24, 2.45) is 0 Å². The van der Waals surface area contributed by atoms with Gasteiger partial charge < -0.3 is 0 Å². The average molecular weight is 454 g/mol. The SMILES string of the molecule is O=S(=O)(O)c1cc(S(=O)(=O)c2ccc(F)c(S(=O)(=O)O)c2)ccc1F.[KH]. The van der Waals surface area contributed by atoms with Gasteiger partial charge in [-0.2, -0.15) is 16.8 Å². The Labute approximate surface area is 190 Å². The van der Waals surface area contributed by atoms with Crippen molar-refractivity contribution in [1.29, 1.82) is 0 Å². The fourth-order valence-corrected chi connectivity index (χ4v) is 4.48. The van der Waals surface area contributed by atoms with Crippen molar-refractivity contribution >= 4 is 81.5 Å². The Morgan fingerprint density at radius 2 is 0.962 bits per heavy atom. The molecule has 0 spiro atoms. The van der Waals surface area contributed by atoms with Crippen LogP contribution in [0.25, 0.3) is 0 Å². The van der Waals surface area contributed by atoms with E-state index in [1.807, 2.05) is 0 Å². The molecule has 0 atom stereocenters. The summed E-state index contributed by atoms with van der Waals surface area (Å²) >= 11 is 0. The molecule has 0 heterocycles. The second kappa shape index (κ2) is 7.98. The predicted octanol–water partition coefficient (Wildman–Crippen LogP) is 0.643. The van der Waals surface area contributed by atoms with Crippen LogP contribution in [0.3, 0.4) is 0 Å². The zero-order valence-corrected chi connectivity index (χ0v) is 14.2. The standard InChI is InChI=1S/C12H8F2O8S3.K.H/c13-9-3-1-7(5-11(9)24(17,18)19)23(15,16)8-2-4-10(14)12(6-8)25(20,21)22;;/h1-6H,(H,17,18,19)(H,20,21,22);;. The molecule has 138 valence electrons. The first kappa shape index (κ1) is 23.7. The van der Waals surface area contributed by atoms with Gasteiger partial charge in [-0.1, -0.05) is 0 Å². The zero-order chi connectivity index (χ0) is 19.2. The molecule has 0 aliphatic carbocycles. The maximum atomic E-state index is 13.4. The fourth-order valence-electron chi connectivity index (χ4n) is 1.83. The molecule has 2 aromatic carbocycles. The molecule has 2 aromatic rings. The Kier molecular flexibility index (Phi) is 7.29. The van der Waals surface area contributed by atoms with Gasteiger partial charge in [-0.05, 0) is 36.4 Å². The van der Waals surface area contributed by atoms with E-state index in [0.717, 1.165) is 0 Å². The Morgan fingerprint density at radius 1 is 0.654 bits per heavy atom. The van der Waals surface area contributed by atoms with Gasteiger partial charge in [-0.15, -0.1) is 0 Å². The second-order valence-corrected chi connectivity index (χ2v) is 9.37. The third kappa shape index (κ3) is 4.95. The maximum absolute atomic E-state index is 13.4. The van der Waals surface area contributed by atoms with Crippen LogP contribution in [0.4, 0.5) is 8.78 Å². The fraction of sp³-hybridized carbons (Fsp3) is 0. The molecule has 0 saturated carbocycles. The summed E-state index contributed by atoms with van der Waals surface area (Å²) in [6, 6.07) is 2.88. The molecule has 0 aliphatic rings. The van der Waals surface area contributed by atoms with E-state index in [9.17, 15) is 34.0 Å². The predicted molar refractivity (Wildman–Crippen MR) is 85.0 cm³/mol. The number of hydrogen-bond acceptors (Lipinski definition) is 6. The third-order valence-corrected chi connectivity index (χ3v) is 6.47. The number of hydrogen-bond donors (Lipinski definition) is 2. The monoisotopic (exact) mass is 454 g/mol. The summed E-state index contributed by atoms with van der Waals surface area (Å²) < 4.78 is 114. The van der Waals surface area contributed by atoms with E-state index >= 15 is 0 Å². The third-order valence-electron chi connectivity index (χ3n) is 2.98. The first-order valence-electron chi connectivity index (χ1n) is 6.04. The molecule has 0 radical (unpaired) electrons. The van der Waals surface area contributed by atoms with Crippen molar-refractivity contribution in [3.8, 4) is 0 Å². The Balaban J connectivity index is 0.00000338. The van der Waals surface area contributed by atoms with Crippen LogP contribution >= 0.6 is 0 Å². The van der Waals surface area contributed by atoms with E-state index in [2.05, 4.69) is 0 Å². The molecule has 0 aliphatic heterocycles. The van der Waals surface area contributed by atoms with Crippen molar-refractivity contribution in [1.82, 2.24) is 0 Å². The minimum atomic E-state index is -5.07. The number of sulfone groups is 1. The van der Waals surface area contributed by atoms with E-state index < -0.39 is 61.3 Å². The molecule has 0 fully saturated rings. The number of benzene rings is 2. The molecule has 2 rings (SSSR count). The van der Waals surface area contributed by atoms with Crippen molar-refractivity contribution in [2.75, 3.05) is 0 Å². The molecule has 26 heavy (non-hydrogen) atoms. The Morgan fingerprint density at radius 3 is 1.23 bits per heavy atom. The van der Waals surface area contributed by atoms with Crippen LogP contribution in [0.5, 0.6) is 0 Å². The van der Waals surface area contributed by atoms with Gasteiger partial charge in [0.2, 0.25) is 9.84 Å². The van der Waals surface area contributed by atoms with Crippen LogP contribution in [0.15, 0.2) is 56.0 Å². The average Bonchev–Trinajstić information content (AvgIpc) is 2.45. The number of rotatable bonds is 4. The van der Waals surface area contributed by atoms with E-state index in [4.69, 9.17) is 9.11 Å². The molecule has 0 unspecified atom stereocenters. The molecule has 2 N–H and O–H groups in total. The second-order valence-electron chi connectivity index (χ2n) is 4.64. The van der Waals surface area contributed by atoms with E-state index in [1.54, 1.807) is 0 Å². The van der Waals surface area contributed by atoms with Crippen molar-refractivity contribution in [3.63, 3.8) is 0 Å². The van der Waals surface area contributed by atoms with E-state index in [0.29, 0.717) is 36.4 Å². The zero-order valence-electron chi connectivity index (χ0n) is 11.8. The quantitative estimate of drug-likeness (QED) is 0.389. The van der Waals surface area contributed by atoms with Crippen LogP contribution < -0.4 is 0 Å². The summed E-state index contributed by atoms with van der Waals surface area (Å²) in [4.78, 5) is -4.25. The Bertz CT molecular complexity index is 1090. The summed E-state index contributed by atoms with van der Waals surface area (Å²) in [6.07, 6.45) is 0. The van der Waals surface area contributed by atoms with Gasteiger partial charge in [0.15, 0.2) is 0 Å². The van der Waals surface area contributed by atoms with Gasteiger partial charge in [0, 0.05) is 0 Å². The molecular formula is C12H9F2KO8S3. The minimum absolute atomic E-state index is 0. The van der Waals surface area contributed by atoms with Crippen LogP contribution in [-0.2, 0) is 30.1 Å². The van der Waals surface area contributed by atoms with Crippen molar-refractivity contribution < 1.29 is 43.1 Å². The van der Waals surface area contributed by atoms with E-state index in [-0.39, 0.29) is 51.4 Å². The van der Waals surface area contributed by atoms with Crippen molar-refractivity contribution in [3.05, 3.63) is 48.0 Å². The molecular weight excluding hydrogens is 445 g/mol. The summed E-state index contributed by atoms with van der Waals surface area (Å²) in [5.74, 6) is -2.83. The van der Waals surface area contributed by atoms with Gasteiger partial charge in [0.25, 0.3) is 20.2 Å². The van der Waals surface area contributed by atoms with Crippen molar-refractivity contribution in [2.45, 2.75) is 19.6 Å². The van der Waals surface area contributed by atoms with Gasteiger partial charge in [-0.25, -0.2) is 17.2 Å². The molecule has 0 saturated heterocycles. The van der Waals surface area contributed by atoms with Crippen LogP contribution in [0.2, 0.25) is 0 Å². The topological polar surface area (TPSA) is 143 Å². The Hall–Kier alpha value is -0.294. The van der Waals surface area contributed by atoms with Gasteiger partial charge >= 0.3 is 51.4 Å². The normalized spacial score (nSPS) is 12.5. The summed E-state index contributed by atoms with van der Waals surface area (Å²) in [7, 11) is -14.8. The summed E-state index contributed by atoms with van der Waals surface area (Å²) in [6.45, 7) is 0. The molecule has 8 nitrogen and oxygen atoms in total. The summed E-state index contributed by atoms with van der Waals surface area (Å²) in [5, 5.41) is 0. The first-order chi connectivity index (χ1) is 11.2. The van der Waals surface area contributed by atoms with Gasteiger partial charge in [0.05, 0.1) is 9.79 Å². The molecule has 0 bridgehead atoms. The van der Waals surface area contributed by atoms with Gasteiger partial charge in [-0.3, -0.25) is 9.11 Å². The van der Waals surface area contributed by atoms with Crippen LogP contribution in [-0.4, -0.2) is 85.7 Å². The number of halogens is 2. The first-order valence-corrected chi connectivity index (χ1v) is 10.4. The van der Waals surface area contributed by atoms with E-state index in [1.165, 1.54) is 0 Å². The van der Waals surface area contributed by atoms with Gasteiger partial charge in [0.1, 0.15) is 21.4 Å². The van der Waals surface area contributed by atoms with Crippen LogP contribution in [0, 0.1) is 11.6 Å². The molecule has 14 heteroatoms. The molecule has 0 amide bonds. The molecule has 0 aromatic heterocycles. The summed E-state index contributed by atoms with van der Waals surface area (Å²) in [5.41, 5.74) is 0.